The molecule has 0 aliphatic heterocycles. The maximum absolute atomic E-state index is 10.9. The number of nitro groups is 1. The molecule has 0 aliphatic rings. The predicted octanol–water partition coefficient (Wildman–Crippen LogP) is 2.15. The van der Waals surface area contributed by atoms with Crippen LogP contribution in [0.2, 0.25) is 0 Å². The van der Waals surface area contributed by atoms with Crippen molar-refractivity contribution >= 4 is 5.69 Å². The van der Waals surface area contributed by atoms with Gasteiger partial charge in [-0.2, -0.15) is 0 Å². The van der Waals surface area contributed by atoms with E-state index in [4.69, 9.17) is 14.2 Å². The van der Waals surface area contributed by atoms with Crippen LogP contribution in [0.1, 0.15) is 12.5 Å². The van der Waals surface area contributed by atoms with Gasteiger partial charge in [0.2, 0.25) is 0 Å². The average Bonchev–Trinajstić information content (AvgIpc) is 2.34. The van der Waals surface area contributed by atoms with E-state index >= 15 is 0 Å². The van der Waals surface area contributed by atoms with Gasteiger partial charge in [0.05, 0.1) is 37.4 Å². The minimum Gasteiger partial charge on any atom is -0.493 e. The van der Waals surface area contributed by atoms with Gasteiger partial charge in [-0.05, 0) is 13.0 Å². The number of hydrogen-bond acceptors (Lipinski definition) is 5. The summed E-state index contributed by atoms with van der Waals surface area (Å²) in [6.45, 7) is 2.49. The minimum atomic E-state index is -0.462. The number of nitro benzene ring substituents is 1. The standard InChI is InChI=1S/C11H15NO5/c1-4-17-7-8-5-10(15-2)11(16-3)6-9(8)12(13)14/h5-6H,4,7H2,1-3H3. The first-order valence-corrected chi connectivity index (χ1v) is 5.11. The highest BCUT2D eigenvalue weighted by atomic mass is 16.6. The van der Waals surface area contributed by atoms with Gasteiger partial charge in [-0.25, -0.2) is 0 Å². The summed E-state index contributed by atoms with van der Waals surface area (Å²) in [7, 11) is 2.91. The lowest BCUT2D eigenvalue weighted by atomic mass is 10.1. The molecule has 0 amide bonds. The topological polar surface area (TPSA) is 70.8 Å². The third kappa shape index (κ3) is 3.07. The Kier molecular flexibility index (Phi) is 4.71. The molecule has 0 aliphatic carbocycles. The summed E-state index contributed by atoms with van der Waals surface area (Å²) in [5.74, 6) is 0.784. The van der Waals surface area contributed by atoms with E-state index in [1.807, 2.05) is 6.92 Å². The van der Waals surface area contributed by atoms with Crippen LogP contribution in [0, 0.1) is 10.1 Å². The molecule has 1 rings (SSSR count). The zero-order valence-electron chi connectivity index (χ0n) is 10.1. The molecule has 0 atom stereocenters. The molecule has 0 saturated carbocycles. The highest BCUT2D eigenvalue weighted by Crippen LogP contribution is 2.34. The van der Waals surface area contributed by atoms with E-state index in [0.717, 1.165) is 0 Å². The summed E-state index contributed by atoms with van der Waals surface area (Å²) >= 11 is 0. The summed E-state index contributed by atoms with van der Waals surface area (Å²) in [4.78, 5) is 10.4. The zero-order chi connectivity index (χ0) is 12.8. The summed E-state index contributed by atoms with van der Waals surface area (Å²) in [6, 6.07) is 2.90. The smallest absolute Gasteiger partial charge is 0.278 e. The number of hydrogen-bond donors (Lipinski definition) is 0. The van der Waals surface area contributed by atoms with Gasteiger partial charge >= 0.3 is 0 Å². The van der Waals surface area contributed by atoms with Gasteiger partial charge in [-0.3, -0.25) is 10.1 Å². The largest absolute Gasteiger partial charge is 0.493 e. The Labute approximate surface area is 99.2 Å². The summed E-state index contributed by atoms with van der Waals surface area (Å²) < 4.78 is 15.3. The second-order valence-corrected chi connectivity index (χ2v) is 3.23. The first kappa shape index (κ1) is 13.2. The van der Waals surface area contributed by atoms with Gasteiger partial charge in [0.1, 0.15) is 0 Å². The van der Waals surface area contributed by atoms with Crippen molar-refractivity contribution in [2.45, 2.75) is 13.5 Å². The van der Waals surface area contributed by atoms with E-state index in [1.165, 1.54) is 20.3 Å². The van der Waals surface area contributed by atoms with E-state index in [-0.39, 0.29) is 12.3 Å². The Morgan fingerprint density at radius 1 is 1.24 bits per heavy atom. The Morgan fingerprint density at radius 3 is 2.29 bits per heavy atom. The van der Waals surface area contributed by atoms with Crippen LogP contribution < -0.4 is 9.47 Å². The van der Waals surface area contributed by atoms with Crippen molar-refractivity contribution in [3.63, 3.8) is 0 Å². The average molecular weight is 241 g/mol. The normalized spacial score (nSPS) is 10.1. The molecule has 0 heterocycles. The van der Waals surface area contributed by atoms with Crippen LogP contribution in [0.4, 0.5) is 5.69 Å². The van der Waals surface area contributed by atoms with Crippen LogP contribution in [-0.2, 0) is 11.3 Å². The molecule has 0 radical (unpaired) electrons. The van der Waals surface area contributed by atoms with Crippen molar-refractivity contribution in [3.05, 3.63) is 27.8 Å². The van der Waals surface area contributed by atoms with Gasteiger partial charge in [0.25, 0.3) is 5.69 Å². The van der Waals surface area contributed by atoms with Gasteiger partial charge in [-0.1, -0.05) is 0 Å². The second-order valence-electron chi connectivity index (χ2n) is 3.23. The molecular weight excluding hydrogens is 226 g/mol. The van der Waals surface area contributed by atoms with Crippen LogP contribution in [-0.4, -0.2) is 25.7 Å². The van der Waals surface area contributed by atoms with E-state index in [9.17, 15) is 10.1 Å². The van der Waals surface area contributed by atoms with E-state index in [1.54, 1.807) is 6.07 Å². The van der Waals surface area contributed by atoms with Crippen molar-refractivity contribution in [3.8, 4) is 11.5 Å². The number of ether oxygens (including phenoxy) is 3. The summed E-state index contributed by atoms with van der Waals surface area (Å²) in [5.41, 5.74) is 0.436. The first-order valence-electron chi connectivity index (χ1n) is 5.11. The monoisotopic (exact) mass is 241 g/mol. The number of methoxy groups -OCH3 is 2. The first-order chi connectivity index (χ1) is 8.13. The molecular formula is C11H15NO5. The highest BCUT2D eigenvalue weighted by molar-refractivity contribution is 5.54. The van der Waals surface area contributed by atoms with E-state index < -0.39 is 4.92 Å². The third-order valence-electron chi connectivity index (χ3n) is 2.24. The molecule has 94 valence electrons. The molecule has 0 N–H and O–H groups in total. The molecule has 0 bridgehead atoms. The van der Waals surface area contributed by atoms with Crippen molar-refractivity contribution in [2.24, 2.45) is 0 Å². The predicted molar refractivity (Wildman–Crippen MR) is 61.5 cm³/mol. The highest BCUT2D eigenvalue weighted by Gasteiger charge is 2.19. The third-order valence-corrected chi connectivity index (χ3v) is 2.24. The molecule has 1 aromatic rings. The van der Waals surface area contributed by atoms with Crippen LogP contribution in [0.5, 0.6) is 11.5 Å². The zero-order valence-corrected chi connectivity index (χ0v) is 10.1. The van der Waals surface area contributed by atoms with E-state index in [0.29, 0.717) is 23.7 Å². The molecule has 0 saturated heterocycles. The maximum Gasteiger partial charge on any atom is 0.278 e. The SMILES string of the molecule is CCOCc1cc(OC)c(OC)cc1[N+](=O)[O-]. The molecule has 6 heteroatoms. The quantitative estimate of drug-likeness (QED) is 0.563. The van der Waals surface area contributed by atoms with Crippen LogP contribution in [0.15, 0.2) is 12.1 Å². The second kappa shape index (κ2) is 6.05. The van der Waals surface area contributed by atoms with Gasteiger partial charge in [0.15, 0.2) is 11.5 Å². The Morgan fingerprint density at radius 2 is 1.82 bits per heavy atom. The fourth-order valence-electron chi connectivity index (χ4n) is 1.41. The van der Waals surface area contributed by atoms with Crippen LogP contribution >= 0.6 is 0 Å². The molecule has 0 aromatic heterocycles. The van der Waals surface area contributed by atoms with Gasteiger partial charge in [0, 0.05) is 6.61 Å². The van der Waals surface area contributed by atoms with Crippen LogP contribution in [0.3, 0.4) is 0 Å². The fraction of sp³-hybridized carbons (Fsp3) is 0.455. The Hall–Kier alpha value is -1.82. The van der Waals surface area contributed by atoms with Crippen molar-refractivity contribution in [2.75, 3.05) is 20.8 Å². The fourth-order valence-corrected chi connectivity index (χ4v) is 1.41. The number of nitrogens with zero attached hydrogens (tertiary/aromatic N) is 1. The molecule has 0 fully saturated rings. The van der Waals surface area contributed by atoms with Crippen molar-refractivity contribution < 1.29 is 19.1 Å². The lowest BCUT2D eigenvalue weighted by Gasteiger charge is -2.10. The van der Waals surface area contributed by atoms with Gasteiger partial charge in [-0.15, -0.1) is 0 Å². The minimum absolute atomic E-state index is 0.0314. The maximum atomic E-state index is 10.9. The Bertz CT molecular complexity index is 405. The molecule has 6 nitrogen and oxygen atoms in total. The summed E-state index contributed by atoms with van der Waals surface area (Å²) in [6.07, 6.45) is 0. The number of rotatable bonds is 6. The number of benzene rings is 1. The van der Waals surface area contributed by atoms with E-state index in [2.05, 4.69) is 0 Å². The Balaban J connectivity index is 3.19. The molecule has 1 aromatic carbocycles. The van der Waals surface area contributed by atoms with Gasteiger partial charge < -0.3 is 14.2 Å². The van der Waals surface area contributed by atoms with Crippen molar-refractivity contribution in [1.29, 1.82) is 0 Å². The molecule has 0 unspecified atom stereocenters. The summed E-state index contributed by atoms with van der Waals surface area (Å²) in [5, 5.41) is 10.9. The molecule has 0 spiro atoms. The lowest BCUT2D eigenvalue weighted by Crippen LogP contribution is -2.01. The van der Waals surface area contributed by atoms with Crippen LogP contribution in [0.25, 0.3) is 0 Å². The van der Waals surface area contributed by atoms with Crippen molar-refractivity contribution in [1.82, 2.24) is 0 Å². The molecule has 17 heavy (non-hydrogen) atoms. The lowest BCUT2D eigenvalue weighted by molar-refractivity contribution is -0.386.